The zero-order valence-electron chi connectivity index (χ0n) is 29.4. The number of carbonyl (C=O) groups is 4. The third kappa shape index (κ3) is 12.7. The summed E-state index contributed by atoms with van der Waals surface area (Å²) in [6, 6.07) is 8.72. The summed E-state index contributed by atoms with van der Waals surface area (Å²) in [5, 5.41) is 22.5. The molecule has 0 aliphatic carbocycles. The number of amides is 1. The average Bonchev–Trinajstić information content (AvgIpc) is 3.65. The molecule has 2 N–H and O–H groups in total. The molecule has 0 radical (unpaired) electrons. The number of nitrogens with zero attached hydrogens (tertiary/aromatic N) is 4. The Morgan fingerprint density at radius 1 is 1.09 bits per heavy atom. The lowest BCUT2D eigenvalue weighted by Gasteiger charge is -2.40. The molecule has 0 bridgehead atoms. The van der Waals surface area contributed by atoms with Gasteiger partial charge in [0.25, 0.3) is 0 Å². The van der Waals surface area contributed by atoms with Gasteiger partial charge in [-0.2, -0.15) is 10.4 Å². The first-order chi connectivity index (χ1) is 26.3. The molecule has 1 fully saturated rings. The molecule has 1 aromatic heterocycles. The molecule has 4 rings (SSSR count). The van der Waals surface area contributed by atoms with Crippen molar-refractivity contribution in [2.24, 2.45) is 0 Å². The molecule has 55 heavy (non-hydrogen) atoms. The Labute approximate surface area is 317 Å². The van der Waals surface area contributed by atoms with Gasteiger partial charge in [-0.05, 0) is 37.3 Å². The molecule has 3 aromatic rings. The Hall–Kier alpha value is -5.71. The predicted octanol–water partition coefficient (Wildman–Crippen LogP) is 4.62. The van der Waals surface area contributed by atoms with E-state index in [-0.39, 0.29) is 36.4 Å². The molecule has 3 unspecified atom stereocenters. The van der Waals surface area contributed by atoms with Gasteiger partial charge in [0.2, 0.25) is 12.2 Å². The summed E-state index contributed by atoms with van der Waals surface area (Å²) in [7, 11) is 0. The normalized spacial score (nSPS) is 17.8. The molecule has 292 valence electrons. The number of aromatic nitrogens is 3. The number of carboxylic acids is 1. The van der Waals surface area contributed by atoms with Crippen LogP contribution in [-0.2, 0) is 50.2 Å². The number of nitriles is 1. The van der Waals surface area contributed by atoms with Gasteiger partial charge in [-0.25, -0.2) is 27.6 Å². The van der Waals surface area contributed by atoms with Crippen LogP contribution in [0.15, 0.2) is 67.3 Å². The monoisotopic (exact) mass is 787 g/mol. The zero-order chi connectivity index (χ0) is 40.0. The first-order valence-electron chi connectivity index (χ1n) is 16.6. The van der Waals surface area contributed by atoms with Crippen molar-refractivity contribution >= 4 is 41.8 Å². The first-order valence-corrected chi connectivity index (χ1v) is 17.5. The Balaban J connectivity index is 1.45. The SMILES string of the molecule is CC(OC(=O)CCC(=O)NCC(=O)O)OC(=O)OC(Cn1cncn1)(c1ccc(F)cc1F)C(C)SC1COC(/C=C/C=C/c2ccc(C#N)cc2F)OC1. The average molecular weight is 788 g/mol. The number of carboxylic acid groups (broad SMARTS) is 1. The van der Waals surface area contributed by atoms with Crippen LogP contribution in [0.5, 0.6) is 0 Å². The maximum atomic E-state index is 15.7. The largest absolute Gasteiger partial charge is 0.512 e. The highest BCUT2D eigenvalue weighted by Gasteiger charge is 2.47. The van der Waals surface area contributed by atoms with Crippen molar-refractivity contribution in [3.05, 3.63) is 101 Å². The third-order valence-electron chi connectivity index (χ3n) is 7.80. The van der Waals surface area contributed by atoms with E-state index in [4.69, 9.17) is 34.1 Å². The fourth-order valence-electron chi connectivity index (χ4n) is 5.18. The number of rotatable bonds is 17. The standard InChI is InChI=1S/C36H36F3N5O10S/c1-22(55-27-17-50-34(51-18-27)6-4-3-5-25-8-7-24(15-40)13-29(25)38)36(19-44-21-41-20-43-44,28-10-9-26(37)14-30(28)39)54-35(49)53-23(2)52-33(48)12-11-31(45)42-16-32(46)47/h3-10,13-14,20-23,27,34H,11-12,16-19H2,1-2H3,(H,42,45)(H,46,47)/b5-3+,6-4+. The van der Waals surface area contributed by atoms with Crippen LogP contribution in [0.2, 0.25) is 0 Å². The minimum absolute atomic E-state index is 0.134. The van der Waals surface area contributed by atoms with Crippen molar-refractivity contribution in [1.29, 1.82) is 5.26 Å². The van der Waals surface area contributed by atoms with Crippen LogP contribution in [0, 0.1) is 28.8 Å². The van der Waals surface area contributed by atoms with Crippen LogP contribution < -0.4 is 5.32 Å². The van der Waals surface area contributed by atoms with E-state index < -0.39 is 89.5 Å². The van der Waals surface area contributed by atoms with Crippen molar-refractivity contribution in [3.8, 4) is 6.07 Å². The number of allylic oxidation sites excluding steroid dienone is 2. The number of nitrogens with one attached hydrogen (secondary N) is 1. The number of benzene rings is 2. The fraction of sp³-hybridized carbons (Fsp3) is 0.361. The highest BCUT2D eigenvalue weighted by Crippen LogP contribution is 2.42. The van der Waals surface area contributed by atoms with E-state index in [2.05, 4.69) is 15.4 Å². The van der Waals surface area contributed by atoms with Gasteiger partial charge in [0.15, 0.2) is 11.9 Å². The van der Waals surface area contributed by atoms with Crippen molar-refractivity contribution in [3.63, 3.8) is 0 Å². The summed E-state index contributed by atoms with van der Waals surface area (Å²) in [5.41, 5.74) is -1.71. The van der Waals surface area contributed by atoms with Gasteiger partial charge in [0.1, 0.15) is 36.7 Å². The fourth-order valence-corrected chi connectivity index (χ4v) is 6.54. The molecule has 19 heteroatoms. The second kappa shape index (κ2) is 20.1. The van der Waals surface area contributed by atoms with Crippen LogP contribution in [0.3, 0.4) is 0 Å². The van der Waals surface area contributed by atoms with E-state index in [1.54, 1.807) is 25.2 Å². The summed E-state index contributed by atoms with van der Waals surface area (Å²) >= 11 is 1.21. The number of ether oxygens (including phenoxy) is 5. The number of esters is 1. The summed E-state index contributed by atoms with van der Waals surface area (Å²) in [5.74, 6) is -5.42. The number of hydrogen-bond acceptors (Lipinski definition) is 13. The van der Waals surface area contributed by atoms with Gasteiger partial charge in [-0.3, -0.25) is 14.4 Å². The van der Waals surface area contributed by atoms with E-state index in [9.17, 15) is 28.0 Å². The van der Waals surface area contributed by atoms with Crippen molar-refractivity contribution in [1.82, 2.24) is 20.1 Å². The molecule has 1 saturated heterocycles. The highest BCUT2D eigenvalue weighted by molar-refractivity contribution is 8.00. The summed E-state index contributed by atoms with van der Waals surface area (Å²) in [6.45, 7) is 2.14. The lowest BCUT2D eigenvalue weighted by Crippen LogP contribution is -2.47. The Bertz CT molecular complexity index is 1920. The van der Waals surface area contributed by atoms with Gasteiger partial charge in [-0.1, -0.05) is 24.3 Å². The molecule has 3 atom stereocenters. The van der Waals surface area contributed by atoms with Crippen LogP contribution >= 0.6 is 11.8 Å². The predicted molar refractivity (Wildman–Crippen MR) is 187 cm³/mol. The molecule has 1 aliphatic rings. The lowest BCUT2D eigenvalue weighted by atomic mass is 9.89. The topological polar surface area (TPSA) is 201 Å². The minimum Gasteiger partial charge on any atom is -0.480 e. The summed E-state index contributed by atoms with van der Waals surface area (Å²) < 4.78 is 73.0. The number of hydrogen-bond donors (Lipinski definition) is 2. The molecule has 1 aliphatic heterocycles. The maximum absolute atomic E-state index is 15.7. The van der Waals surface area contributed by atoms with Gasteiger partial charge >= 0.3 is 18.1 Å². The third-order valence-corrected chi connectivity index (χ3v) is 9.25. The summed E-state index contributed by atoms with van der Waals surface area (Å²) in [4.78, 5) is 51.9. The second-order valence-electron chi connectivity index (χ2n) is 11.8. The molecular weight excluding hydrogens is 751 g/mol. The van der Waals surface area contributed by atoms with E-state index in [1.807, 2.05) is 6.07 Å². The smallest absolute Gasteiger partial charge is 0.480 e. The molecule has 1 amide bonds. The van der Waals surface area contributed by atoms with Gasteiger partial charge in [0.05, 0.1) is 43.1 Å². The van der Waals surface area contributed by atoms with Gasteiger partial charge < -0.3 is 34.1 Å². The van der Waals surface area contributed by atoms with Crippen molar-refractivity contribution < 1.29 is 61.1 Å². The van der Waals surface area contributed by atoms with Crippen molar-refractivity contribution in [2.45, 2.75) is 61.9 Å². The van der Waals surface area contributed by atoms with Crippen LogP contribution in [0.25, 0.3) is 6.08 Å². The molecular formula is C36H36F3N5O10S. The van der Waals surface area contributed by atoms with Crippen LogP contribution in [0.1, 0.15) is 43.4 Å². The Morgan fingerprint density at radius 3 is 2.51 bits per heavy atom. The second-order valence-corrected chi connectivity index (χ2v) is 13.5. The van der Waals surface area contributed by atoms with Gasteiger partial charge in [-0.15, -0.1) is 11.8 Å². The number of thioether (sulfide) groups is 1. The zero-order valence-corrected chi connectivity index (χ0v) is 30.2. The van der Waals surface area contributed by atoms with Crippen LogP contribution in [0.4, 0.5) is 18.0 Å². The minimum atomic E-state index is -1.96. The van der Waals surface area contributed by atoms with Crippen LogP contribution in [-0.4, -0.2) is 86.7 Å². The molecule has 2 aromatic carbocycles. The maximum Gasteiger partial charge on any atom is 0.512 e. The molecule has 2 heterocycles. The Morgan fingerprint density at radius 2 is 1.85 bits per heavy atom. The quantitative estimate of drug-likeness (QED) is 0.109. The van der Waals surface area contributed by atoms with E-state index in [0.717, 1.165) is 18.2 Å². The Kier molecular flexibility index (Phi) is 15.4. The summed E-state index contributed by atoms with van der Waals surface area (Å²) in [6.07, 6.45) is 4.25. The highest BCUT2D eigenvalue weighted by atomic mass is 32.2. The van der Waals surface area contributed by atoms with Gasteiger partial charge in [0, 0.05) is 35.8 Å². The molecule has 0 saturated carbocycles. The van der Waals surface area contributed by atoms with E-state index in [0.29, 0.717) is 6.07 Å². The number of halogens is 3. The van der Waals surface area contributed by atoms with Crippen molar-refractivity contribution in [2.75, 3.05) is 19.8 Å². The van der Waals surface area contributed by atoms with E-state index >= 15 is 4.39 Å². The molecule has 15 nitrogen and oxygen atoms in total. The molecule has 0 spiro atoms. The number of aliphatic carboxylic acids is 1. The lowest BCUT2D eigenvalue weighted by molar-refractivity contribution is -0.172. The first kappa shape index (κ1) is 42.0. The van der Waals surface area contributed by atoms with E-state index in [1.165, 1.54) is 54.2 Å². The number of carbonyl (C=O) groups excluding carboxylic acids is 3.